The molecule has 0 spiro atoms. The molecule has 56 valence electrons. The first-order valence-corrected chi connectivity index (χ1v) is 4.96. The molecule has 0 unspecified atom stereocenters. The number of rotatable bonds is 1. The van der Waals surface area contributed by atoms with Crippen LogP contribution in [0.1, 0.15) is 0 Å². The van der Waals surface area contributed by atoms with Gasteiger partial charge in [0.25, 0.3) is 0 Å². The molecule has 2 heterocycles. The average Bonchev–Trinajstić information content (AvgIpc) is 2.55. The lowest BCUT2D eigenvalue weighted by Crippen LogP contribution is -1.68. The van der Waals surface area contributed by atoms with Crippen LogP contribution in [0.3, 0.4) is 0 Å². The summed E-state index contributed by atoms with van der Waals surface area (Å²) < 4.78 is 3.97. The van der Waals surface area contributed by atoms with Crippen molar-refractivity contribution >= 4 is 34.5 Å². The van der Waals surface area contributed by atoms with Crippen molar-refractivity contribution in [1.29, 1.82) is 0 Å². The summed E-state index contributed by atoms with van der Waals surface area (Å²) in [5, 5.41) is 5.25. The topological polar surface area (TPSA) is 25.8 Å². The van der Waals surface area contributed by atoms with Crippen molar-refractivity contribution in [3.05, 3.63) is 22.1 Å². The summed E-state index contributed by atoms with van der Waals surface area (Å²) >= 11 is 8.61. The minimum Gasteiger partial charge on any atom is -0.224 e. The summed E-state index contributed by atoms with van der Waals surface area (Å²) in [6, 6.07) is 0. The Kier molecular flexibility index (Phi) is 1.89. The smallest absolute Gasteiger partial charge is 0.140 e. The van der Waals surface area contributed by atoms with E-state index in [2.05, 4.69) is 9.36 Å². The van der Waals surface area contributed by atoms with Gasteiger partial charge in [-0.25, -0.2) is 9.36 Å². The van der Waals surface area contributed by atoms with Crippen molar-refractivity contribution in [2.24, 2.45) is 0 Å². The minimum atomic E-state index is 0.552. The molecule has 2 aromatic heterocycles. The van der Waals surface area contributed by atoms with Crippen molar-refractivity contribution in [2.45, 2.75) is 0 Å². The minimum absolute atomic E-state index is 0.552. The second kappa shape index (κ2) is 2.89. The Morgan fingerprint density at radius 2 is 2.27 bits per heavy atom. The highest BCUT2D eigenvalue weighted by Gasteiger charge is 2.02. The molecule has 0 aliphatic carbocycles. The largest absolute Gasteiger partial charge is 0.224 e. The summed E-state index contributed by atoms with van der Waals surface area (Å²) in [6.45, 7) is 0. The average molecular weight is 203 g/mol. The van der Waals surface area contributed by atoms with Crippen LogP contribution in [-0.2, 0) is 0 Å². The summed E-state index contributed by atoms with van der Waals surface area (Å²) in [5.41, 5.74) is 1.05. The van der Waals surface area contributed by atoms with Gasteiger partial charge in [0.05, 0.1) is 6.20 Å². The molecule has 0 fully saturated rings. The van der Waals surface area contributed by atoms with Gasteiger partial charge in [-0.15, -0.1) is 11.3 Å². The van der Waals surface area contributed by atoms with Crippen molar-refractivity contribution in [1.82, 2.24) is 9.36 Å². The Bertz CT molecular complexity index is 341. The van der Waals surface area contributed by atoms with Crippen LogP contribution < -0.4 is 0 Å². The molecule has 2 rings (SSSR count). The van der Waals surface area contributed by atoms with E-state index in [9.17, 15) is 0 Å². The zero-order valence-corrected chi connectivity index (χ0v) is 7.71. The summed E-state index contributed by atoms with van der Waals surface area (Å²) in [4.78, 5) is 4.10. The van der Waals surface area contributed by atoms with E-state index in [0.29, 0.717) is 5.15 Å². The van der Waals surface area contributed by atoms with Crippen LogP contribution in [0.5, 0.6) is 0 Å². The van der Waals surface area contributed by atoms with Crippen molar-refractivity contribution in [3.8, 4) is 10.6 Å². The first-order valence-electron chi connectivity index (χ1n) is 2.87. The first kappa shape index (κ1) is 7.21. The maximum absolute atomic E-state index is 5.66. The molecule has 11 heavy (non-hydrogen) atoms. The third-order valence-corrected chi connectivity index (χ3v) is 2.96. The van der Waals surface area contributed by atoms with Gasteiger partial charge in [0.2, 0.25) is 0 Å². The SMILES string of the molecule is Clc1csc(-c2cnsc2)n1. The van der Waals surface area contributed by atoms with Crippen LogP contribution >= 0.6 is 34.5 Å². The van der Waals surface area contributed by atoms with E-state index in [0.717, 1.165) is 10.6 Å². The highest BCUT2D eigenvalue weighted by molar-refractivity contribution is 7.14. The van der Waals surface area contributed by atoms with Crippen LogP contribution in [0.2, 0.25) is 5.15 Å². The van der Waals surface area contributed by atoms with Gasteiger partial charge in [0, 0.05) is 16.3 Å². The molecule has 2 aromatic rings. The standard InChI is InChI=1S/C6H3ClN2S2/c7-5-3-10-6(9-5)4-1-8-11-2-4/h1-3H. The second-order valence-electron chi connectivity index (χ2n) is 1.89. The van der Waals surface area contributed by atoms with Crippen molar-refractivity contribution < 1.29 is 0 Å². The van der Waals surface area contributed by atoms with Crippen molar-refractivity contribution in [2.75, 3.05) is 0 Å². The fraction of sp³-hybridized carbons (Fsp3) is 0. The molecule has 0 saturated heterocycles. The molecule has 0 aliphatic rings. The molecule has 0 radical (unpaired) electrons. The predicted molar refractivity (Wildman–Crippen MR) is 48.2 cm³/mol. The van der Waals surface area contributed by atoms with Gasteiger partial charge in [-0.05, 0) is 11.5 Å². The van der Waals surface area contributed by atoms with Gasteiger partial charge in [0.15, 0.2) is 0 Å². The van der Waals surface area contributed by atoms with Crippen LogP contribution in [0.4, 0.5) is 0 Å². The number of hydrogen-bond acceptors (Lipinski definition) is 4. The van der Waals surface area contributed by atoms with Gasteiger partial charge >= 0.3 is 0 Å². The number of hydrogen-bond donors (Lipinski definition) is 0. The number of nitrogens with zero attached hydrogens (tertiary/aromatic N) is 2. The molecule has 5 heteroatoms. The predicted octanol–water partition coefficient (Wildman–Crippen LogP) is 2.92. The maximum atomic E-state index is 5.66. The summed E-state index contributed by atoms with van der Waals surface area (Å²) in [5.74, 6) is 0. The molecule has 2 nitrogen and oxygen atoms in total. The molecular weight excluding hydrogens is 200 g/mol. The Morgan fingerprint density at radius 1 is 1.36 bits per heavy atom. The highest BCUT2D eigenvalue weighted by atomic mass is 35.5. The Balaban J connectivity index is 2.45. The van der Waals surface area contributed by atoms with Crippen LogP contribution in [0.25, 0.3) is 10.6 Å². The lowest BCUT2D eigenvalue weighted by Gasteiger charge is -1.83. The summed E-state index contributed by atoms with van der Waals surface area (Å²) in [6.07, 6.45) is 1.79. The molecule has 0 N–H and O–H groups in total. The van der Waals surface area contributed by atoms with Gasteiger partial charge in [-0.3, -0.25) is 0 Å². The fourth-order valence-corrected chi connectivity index (χ4v) is 2.22. The van der Waals surface area contributed by atoms with Crippen LogP contribution in [0.15, 0.2) is 17.0 Å². The Labute approximate surface area is 76.7 Å². The number of halogens is 1. The molecule has 0 atom stereocenters. The van der Waals surface area contributed by atoms with E-state index in [4.69, 9.17) is 11.6 Å². The van der Waals surface area contributed by atoms with Crippen LogP contribution in [0, 0.1) is 0 Å². The Morgan fingerprint density at radius 3 is 2.82 bits per heavy atom. The first-order chi connectivity index (χ1) is 5.36. The van der Waals surface area contributed by atoms with Crippen LogP contribution in [-0.4, -0.2) is 9.36 Å². The molecule has 0 saturated carbocycles. The lowest BCUT2D eigenvalue weighted by molar-refractivity contribution is 1.41. The van der Waals surface area contributed by atoms with E-state index in [1.54, 1.807) is 6.20 Å². The van der Waals surface area contributed by atoms with E-state index >= 15 is 0 Å². The molecule has 0 amide bonds. The number of thiazole rings is 1. The van der Waals surface area contributed by atoms with E-state index in [1.165, 1.54) is 22.9 Å². The normalized spacial score (nSPS) is 10.3. The molecule has 0 bridgehead atoms. The monoisotopic (exact) mass is 202 g/mol. The zero-order valence-electron chi connectivity index (χ0n) is 5.32. The number of aromatic nitrogens is 2. The molecular formula is C6H3ClN2S2. The van der Waals surface area contributed by atoms with E-state index in [-0.39, 0.29) is 0 Å². The zero-order chi connectivity index (χ0) is 7.68. The van der Waals surface area contributed by atoms with Gasteiger partial charge in [-0.1, -0.05) is 11.6 Å². The van der Waals surface area contributed by atoms with Gasteiger partial charge in [0.1, 0.15) is 10.2 Å². The quantitative estimate of drug-likeness (QED) is 0.711. The third kappa shape index (κ3) is 1.42. The fourth-order valence-electron chi connectivity index (χ4n) is 0.697. The molecule has 0 aromatic carbocycles. The lowest BCUT2D eigenvalue weighted by atomic mass is 10.4. The highest BCUT2D eigenvalue weighted by Crippen LogP contribution is 2.25. The van der Waals surface area contributed by atoms with Crippen molar-refractivity contribution in [3.63, 3.8) is 0 Å². The maximum Gasteiger partial charge on any atom is 0.140 e. The summed E-state index contributed by atoms with van der Waals surface area (Å²) in [7, 11) is 0. The van der Waals surface area contributed by atoms with E-state index in [1.807, 2.05) is 10.8 Å². The van der Waals surface area contributed by atoms with Gasteiger partial charge < -0.3 is 0 Å². The molecule has 0 aliphatic heterocycles. The second-order valence-corrected chi connectivity index (χ2v) is 3.79. The van der Waals surface area contributed by atoms with Gasteiger partial charge in [-0.2, -0.15) is 0 Å². The van der Waals surface area contributed by atoms with E-state index < -0.39 is 0 Å². The third-order valence-electron chi connectivity index (χ3n) is 1.16. The Hall–Kier alpha value is -0.450.